The van der Waals surface area contributed by atoms with Crippen molar-refractivity contribution in [1.29, 1.82) is 0 Å². The van der Waals surface area contributed by atoms with Gasteiger partial charge in [0.1, 0.15) is 17.9 Å². The number of nitrogens with one attached hydrogen (secondary N) is 1. The first kappa shape index (κ1) is 24.4. The molecule has 9 heteroatoms. The van der Waals surface area contributed by atoms with Crippen LogP contribution in [0.4, 0.5) is 4.39 Å². The highest BCUT2D eigenvalue weighted by atomic mass is 35.5. The van der Waals surface area contributed by atoms with Crippen molar-refractivity contribution in [3.8, 4) is 22.6 Å². The Morgan fingerprint density at radius 3 is 2.83 bits per heavy atom. The molecule has 2 aromatic heterocycles. The zero-order chi connectivity index (χ0) is 25.4. The minimum Gasteiger partial charge on any atom is -0.508 e. The summed E-state index contributed by atoms with van der Waals surface area (Å²) in [7, 11) is 2.02. The predicted molar refractivity (Wildman–Crippen MR) is 139 cm³/mol. The third kappa shape index (κ3) is 4.84. The molecule has 2 aromatic carbocycles. The number of halogens is 2. The van der Waals surface area contributed by atoms with Gasteiger partial charge in [0.2, 0.25) is 0 Å². The Morgan fingerprint density at radius 1 is 1.25 bits per heavy atom. The van der Waals surface area contributed by atoms with E-state index in [-0.39, 0.29) is 17.1 Å². The second-order valence-corrected chi connectivity index (χ2v) is 9.85. The Kier molecular flexibility index (Phi) is 6.75. The summed E-state index contributed by atoms with van der Waals surface area (Å²) in [6.45, 7) is 4.24. The average Bonchev–Trinajstić information content (AvgIpc) is 3.33. The lowest BCUT2D eigenvalue weighted by atomic mass is 9.97. The van der Waals surface area contributed by atoms with Gasteiger partial charge in [-0.3, -0.25) is 9.36 Å². The van der Waals surface area contributed by atoms with Gasteiger partial charge < -0.3 is 15.3 Å². The number of phenols is 1. The van der Waals surface area contributed by atoms with E-state index in [1.165, 1.54) is 18.5 Å². The number of nitrogens with zero attached hydrogens (tertiary/aromatic N) is 4. The van der Waals surface area contributed by atoms with Crippen LogP contribution in [0.2, 0.25) is 5.02 Å². The molecule has 0 radical (unpaired) electrons. The fraction of sp³-hybridized carbons (Fsp3) is 0.296. The molecule has 3 heterocycles. The van der Waals surface area contributed by atoms with Crippen LogP contribution in [0.3, 0.4) is 0 Å². The summed E-state index contributed by atoms with van der Waals surface area (Å²) in [5.74, 6) is -0.791. The zero-order valence-electron chi connectivity index (χ0n) is 20.1. The number of likely N-dealkylation sites (N-methyl/N-ethyl adjacent to an activating group) is 1. The summed E-state index contributed by atoms with van der Waals surface area (Å²) in [4.78, 5) is 24.9. The molecule has 1 fully saturated rings. The number of aromatic nitrogens is 3. The van der Waals surface area contributed by atoms with Crippen LogP contribution in [-0.4, -0.2) is 50.7 Å². The van der Waals surface area contributed by atoms with E-state index < -0.39 is 11.4 Å². The van der Waals surface area contributed by atoms with Crippen molar-refractivity contribution >= 4 is 22.6 Å². The summed E-state index contributed by atoms with van der Waals surface area (Å²) < 4.78 is 15.8. The second-order valence-electron chi connectivity index (χ2n) is 9.41. The van der Waals surface area contributed by atoms with E-state index in [2.05, 4.69) is 20.2 Å². The van der Waals surface area contributed by atoms with E-state index in [9.17, 15) is 14.3 Å². The van der Waals surface area contributed by atoms with Crippen molar-refractivity contribution in [2.75, 3.05) is 20.1 Å². The second kappa shape index (κ2) is 9.97. The van der Waals surface area contributed by atoms with Crippen molar-refractivity contribution in [2.24, 2.45) is 0 Å². The van der Waals surface area contributed by atoms with Crippen molar-refractivity contribution in [2.45, 2.75) is 32.4 Å². The predicted octanol–water partition coefficient (Wildman–Crippen LogP) is 4.44. The molecule has 4 aromatic rings. The van der Waals surface area contributed by atoms with Gasteiger partial charge in [-0.05, 0) is 74.3 Å². The fourth-order valence-corrected chi connectivity index (χ4v) is 5.22. The maximum Gasteiger partial charge on any atom is 0.267 e. The highest BCUT2D eigenvalue weighted by Gasteiger charge is 2.22. The van der Waals surface area contributed by atoms with Gasteiger partial charge in [-0.15, -0.1) is 0 Å². The summed E-state index contributed by atoms with van der Waals surface area (Å²) in [6, 6.07) is 9.67. The molecule has 2 N–H and O–H groups in total. The molecule has 1 aliphatic rings. The first-order valence-electron chi connectivity index (χ1n) is 11.9. The van der Waals surface area contributed by atoms with E-state index in [0.29, 0.717) is 23.0 Å². The minimum atomic E-state index is -0.642. The van der Waals surface area contributed by atoms with Gasteiger partial charge >= 0.3 is 0 Å². The molecule has 0 spiro atoms. The number of hydrogen-bond donors (Lipinski definition) is 2. The van der Waals surface area contributed by atoms with E-state index in [4.69, 9.17) is 11.6 Å². The molecular formula is C27H27ClFN5O2. The van der Waals surface area contributed by atoms with Gasteiger partial charge in [-0.2, -0.15) is 0 Å². The Labute approximate surface area is 213 Å². The summed E-state index contributed by atoms with van der Waals surface area (Å²) >= 11 is 6.38. The van der Waals surface area contributed by atoms with Gasteiger partial charge in [0.05, 0.1) is 11.1 Å². The Balaban J connectivity index is 1.72. The molecule has 186 valence electrons. The highest BCUT2D eigenvalue weighted by molar-refractivity contribution is 6.31. The summed E-state index contributed by atoms with van der Waals surface area (Å²) in [5.41, 5.74) is 3.09. The van der Waals surface area contributed by atoms with Gasteiger partial charge in [-0.1, -0.05) is 17.7 Å². The van der Waals surface area contributed by atoms with Crippen LogP contribution >= 0.6 is 11.6 Å². The van der Waals surface area contributed by atoms with E-state index in [1.807, 2.05) is 32.2 Å². The summed E-state index contributed by atoms with van der Waals surface area (Å²) in [6.07, 6.45) is 5.21. The van der Waals surface area contributed by atoms with Gasteiger partial charge in [0.15, 0.2) is 5.65 Å². The normalized spacial score (nSPS) is 15.8. The van der Waals surface area contributed by atoms with E-state index >= 15 is 0 Å². The fourth-order valence-electron chi connectivity index (χ4n) is 4.93. The largest absolute Gasteiger partial charge is 0.508 e. The molecule has 0 saturated carbocycles. The standard InChI is InChI=1S/C27H27ClFN5O2/c1-16-8-17(10-18(28)9-16)21-12-31-26-25(22(21)14-33(2)13-19-4-3-7-30-19)27(36)34(15-32-26)24-11-20(35)5-6-23(24)29/h5-6,8-12,15,19,30,35H,3-4,7,13-14H2,1-2H3/t19-/m0/s1. The molecule has 0 amide bonds. The molecule has 0 aliphatic carbocycles. The number of hydrogen-bond acceptors (Lipinski definition) is 6. The Hall–Kier alpha value is -3.33. The van der Waals surface area contributed by atoms with E-state index in [1.54, 1.807) is 6.20 Å². The van der Waals surface area contributed by atoms with Crippen LogP contribution in [0, 0.1) is 12.7 Å². The number of phenolic OH excluding ortho intramolecular Hbond substituents is 1. The SMILES string of the molecule is Cc1cc(Cl)cc(-c2cnc3ncn(-c4cc(O)ccc4F)c(=O)c3c2CN(C)C[C@@H]2CCCN2)c1. The zero-order valence-corrected chi connectivity index (χ0v) is 20.9. The number of aromatic hydroxyl groups is 1. The molecule has 36 heavy (non-hydrogen) atoms. The lowest BCUT2D eigenvalue weighted by Gasteiger charge is -2.23. The molecule has 1 aliphatic heterocycles. The maximum absolute atomic E-state index is 14.7. The smallest absolute Gasteiger partial charge is 0.267 e. The number of fused-ring (bicyclic) bond motifs is 1. The highest BCUT2D eigenvalue weighted by Crippen LogP contribution is 2.31. The van der Waals surface area contributed by atoms with Crippen LogP contribution in [0.5, 0.6) is 5.75 Å². The van der Waals surface area contributed by atoms with Crippen LogP contribution in [0.25, 0.3) is 27.8 Å². The number of pyridine rings is 1. The molecule has 7 nitrogen and oxygen atoms in total. The van der Waals surface area contributed by atoms with Gasteiger partial charge in [0, 0.05) is 42.0 Å². The maximum atomic E-state index is 14.7. The van der Waals surface area contributed by atoms with Crippen LogP contribution < -0.4 is 10.9 Å². The number of rotatable bonds is 6. The quantitative estimate of drug-likeness (QED) is 0.401. The molecule has 0 unspecified atom stereocenters. The topological polar surface area (TPSA) is 83.3 Å². The molecular weight excluding hydrogens is 481 g/mol. The molecule has 5 rings (SSSR count). The third-order valence-corrected chi connectivity index (χ3v) is 6.78. The van der Waals surface area contributed by atoms with Gasteiger partial charge in [0.25, 0.3) is 5.56 Å². The molecule has 1 saturated heterocycles. The van der Waals surface area contributed by atoms with Crippen molar-refractivity contribution in [3.63, 3.8) is 0 Å². The summed E-state index contributed by atoms with van der Waals surface area (Å²) in [5, 5.41) is 14.3. The van der Waals surface area contributed by atoms with Crippen LogP contribution in [-0.2, 0) is 6.54 Å². The minimum absolute atomic E-state index is 0.0761. The monoisotopic (exact) mass is 507 g/mol. The number of aryl methyl sites for hydroxylation is 1. The Morgan fingerprint density at radius 2 is 2.08 bits per heavy atom. The third-order valence-electron chi connectivity index (χ3n) is 6.56. The first-order chi connectivity index (χ1) is 17.3. The van der Waals surface area contributed by atoms with Crippen LogP contribution in [0.1, 0.15) is 24.0 Å². The van der Waals surface area contributed by atoms with Gasteiger partial charge in [-0.25, -0.2) is 14.4 Å². The number of benzene rings is 2. The first-order valence-corrected chi connectivity index (χ1v) is 12.3. The lowest BCUT2D eigenvalue weighted by Crippen LogP contribution is -2.35. The van der Waals surface area contributed by atoms with Crippen LogP contribution in [0.15, 0.2) is 53.7 Å². The van der Waals surface area contributed by atoms with E-state index in [0.717, 1.165) is 58.8 Å². The average molecular weight is 508 g/mol. The van der Waals surface area contributed by atoms with Crippen molar-refractivity contribution in [3.05, 3.63) is 81.2 Å². The lowest BCUT2D eigenvalue weighted by molar-refractivity contribution is 0.294. The van der Waals surface area contributed by atoms with Crippen molar-refractivity contribution < 1.29 is 9.50 Å². The molecule has 0 bridgehead atoms. The Bertz CT molecular complexity index is 1480. The van der Waals surface area contributed by atoms with Crippen molar-refractivity contribution in [1.82, 2.24) is 24.8 Å². The molecule has 1 atom stereocenters.